The molecule has 57 heavy (non-hydrogen) atoms. The van der Waals surface area contributed by atoms with Gasteiger partial charge in [0.2, 0.25) is 0 Å². The molecule has 10 rings (SSSR count). The standard InChI is InChI=1S/C49H30N8/c50-31-37-25-27-38(30-40(37)49-55-46(34-19-9-3-10-20-34)52-47(56-49)35-21-11-4-12-22-35)57-42-24-14-13-23-39(42)41-29-36(26-28-43(41)57)48-53-44(32-15-5-1-6-16-32)51-45(54-48)33-17-7-2-8-18-33/h1-30H. The molecule has 0 saturated carbocycles. The van der Waals surface area contributed by atoms with Crippen LogP contribution in [0.5, 0.6) is 0 Å². The van der Waals surface area contributed by atoms with E-state index >= 15 is 0 Å². The molecule has 266 valence electrons. The lowest BCUT2D eigenvalue weighted by atomic mass is 10.1. The largest absolute Gasteiger partial charge is 0.309 e. The molecular formula is C49H30N8. The van der Waals surface area contributed by atoms with Gasteiger partial charge in [-0.25, -0.2) is 29.9 Å². The third-order valence-corrected chi connectivity index (χ3v) is 9.95. The van der Waals surface area contributed by atoms with Crippen LogP contribution in [0.25, 0.3) is 95.8 Å². The predicted molar refractivity (Wildman–Crippen MR) is 225 cm³/mol. The normalized spacial score (nSPS) is 11.1. The molecule has 0 atom stereocenters. The van der Waals surface area contributed by atoms with E-state index in [2.05, 4.69) is 41.0 Å². The quantitative estimate of drug-likeness (QED) is 0.161. The summed E-state index contributed by atoms with van der Waals surface area (Å²) in [6.07, 6.45) is 0. The fourth-order valence-corrected chi connectivity index (χ4v) is 7.21. The molecule has 3 heterocycles. The zero-order valence-corrected chi connectivity index (χ0v) is 30.4. The second kappa shape index (κ2) is 14.3. The molecule has 0 bridgehead atoms. The van der Waals surface area contributed by atoms with Gasteiger partial charge in [0, 0.05) is 49.8 Å². The molecule has 0 saturated heterocycles. The molecule has 0 N–H and O–H groups in total. The minimum atomic E-state index is 0.419. The molecule has 7 aromatic carbocycles. The van der Waals surface area contributed by atoms with Gasteiger partial charge in [0.1, 0.15) is 0 Å². The van der Waals surface area contributed by atoms with E-state index in [0.717, 1.165) is 55.3 Å². The second-order valence-corrected chi connectivity index (χ2v) is 13.5. The van der Waals surface area contributed by atoms with Crippen molar-refractivity contribution in [2.75, 3.05) is 0 Å². The zero-order valence-electron chi connectivity index (χ0n) is 30.4. The van der Waals surface area contributed by atoms with E-state index in [9.17, 15) is 5.26 Å². The van der Waals surface area contributed by atoms with Crippen molar-refractivity contribution in [3.05, 3.63) is 188 Å². The van der Waals surface area contributed by atoms with E-state index in [1.807, 2.05) is 152 Å². The number of fused-ring (bicyclic) bond motifs is 3. The van der Waals surface area contributed by atoms with E-state index < -0.39 is 0 Å². The van der Waals surface area contributed by atoms with Crippen LogP contribution in [0, 0.1) is 11.3 Å². The summed E-state index contributed by atoms with van der Waals surface area (Å²) in [5.74, 6) is 3.28. The van der Waals surface area contributed by atoms with Gasteiger partial charge < -0.3 is 4.57 Å². The van der Waals surface area contributed by atoms with Gasteiger partial charge in [0.25, 0.3) is 0 Å². The number of aromatic nitrogens is 7. The average Bonchev–Trinajstić information content (AvgIpc) is 3.63. The van der Waals surface area contributed by atoms with E-state index in [1.54, 1.807) is 0 Å². The van der Waals surface area contributed by atoms with Crippen LogP contribution in [0.1, 0.15) is 5.56 Å². The maximum Gasteiger partial charge on any atom is 0.165 e. The summed E-state index contributed by atoms with van der Waals surface area (Å²) in [6, 6.07) is 62.5. The molecule has 3 aromatic heterocycles. The first-order chi connectivity index (χ1) is 28.2. The van der Waals surface area contributed by atoms with Crippen molar-refractivity contribution in [2.24, 2.45) is 0 Å². The first-order valence-electron chi connectivity index (χ1n) is 18.5. The Hall–Kier alpha value is -8.15. The Bertz CT molecular complexity index is 3010. The van der Waals surface area contributed by atoms with Crippen molar-refractivity contribution in [3.63, 3.8) is 0 Å². The number of rotatable bonds is 7. The third-order valence-electron chi connectivity index (χ3n) is 9.95. The van der Waals surface area contributed by atoms with Crippen molar-refractivity contribution in [1.29, 1.82) is 5.26 Å². The van der Waals surface area contributed by atoms with Crippen LogP contribution in [0.15, 0.2) is 182 Å². The minimum Gasteiger partial charge on any atom is -0.309 e. The zero-order chi connectivity index (χ0) is 38.1. The van der Waals surface area contributed by atoms with E-state index in [4.69, 9.17) is 29.9 Å². The molecule has 0 aliphatic heterocycles. The Morgan fingerprint density at radius 3 is 1.26 bits per heavy atom. The highest BCUT2D eigenvalue weighted by Crippen LogP contribution is 2.37. The molecule has 0 amide bonds. The van der Waals surface area contributed by atoms with Gasteiger partial charge in [0.05, 0.1) is 22.7 Å². The highest BCUT2D eigenvalue weighted by Gasteiger charge is 2.20. The third kappa shape index (κ3) is 6.25. The topological polar surface area (TPSA) is 106 Å². The van der Waals surface area contributed by atoms with Crippen molar-refractivity contribution in [3.8, 4) is 80.1 Å². The molecular weight excluding hydrogens is 701 g/mol. The summed E-state index contributed by atoms with van der Waals surface area (Å²) < 4.78 is 2.22. The SMILES string of the molecule is N#Cc1ccc(-n2c3ccccc3c3cc(-c4nc(-c5ccccc5)nc(-c5ccccc5)n4)ccc32)cc1-c1nc(-c2ccccc2)nc(-c2ccccc2)n1. The molecule has 0 spiro atoms. The van der Waals surface area contributed by atoms with E-state index in [1.165, 1.54) is 0 Å². The summed E-state index contributed by atoms with van der Waals surface area (Å²) >= 11 is 0. The molecule has 0 radical (unpaired) electrons. The van der Waals surface area contributed by atoms with E-state index in [-0.39, 0.29) is 0 Å². The van der Waals surface area contributed by atoms with Gasteiger partial charge in [-0.3, -0.25) is 0 Å². The number of nitriles is 1. The fourth-order valence-electron chi connectivity index (χ4n) is 7.21. The van der Waals surface area contributed by atoms with Gasteiger partial charge in [-0.15, -0.1) is 0 Å². The maximum atomic E-state index is 10.4. The van der Waals surface area contributed by atoms with Gasteiger partial charge in [-0.1, -0.05) is 140 Å². The van der Waals surface area contributed by atoms with Crippen LogP contribution < -0.4 is 0 Å². The summed E-state index contributed by atoms with van der Waals surface area (Å²) in [4.78, 5) is 29.7. The van der Waals surface area contributed by atoms with Gasteiger partial charge in [-0.05, 0) is 42.5 Å². The molecule has 8 heteroatoms. The predicted octanol–water partition coefficient (Wildman–Crippen LogP) is 11.0. The lowest BCUT2D eigenvalue weighted by Crippen LogP contribution is -2.02. The first kappa shape index (κ1) is 33.4. The minimum absolute atomic E-state index is 0.419. The number of hydrogen-bond donors (Lipinski definition) is 0. The summed E-state index contributed by atoms with van der Waals surface area (Å²) in [5, 5.41) is 12.5. The monoisotopic (exact) mass is 730 g/mol. The highest BCUT2D eigenvalue weighted by molar-refractivity contribution is 6.10. The number of para-hydroxylation sites is 1. The number of benzene rings is 7. The van der Waals surface area contributed by atoms with Gasteiger partial charge in [-0.2, -0.15) is 5.26 Å². The van der Waals surface area contributed by atoms with Crippen molar-refractivity contribution < 1.29 is 0 Å². The molecule has 8 nitrogen and oxygen atoms in total. The summed E-state index contributed by atoms with van der Waals surface area (Å²) in [7, 11) is 0. The van der Waals surface area contributed by atoms with Crippen LogP contribution in [0.4, 0.5) is 0 Å². The molecule has 10 aromatic rings. The molecule has 0 unspecified atom stereocenters. The Kier molecular flexibility index (Phi) is 8.36. The Labute approximate surface area is 328 Å². The van der Waals surface area contributed by atoms with Crippen molar-refractivity contribution in [2.45, 2.75) is 0 Å². The van der Waals surface area contributed by atoms with Gasteiger partial charge >= 0.3 is 0 Å². The lowest BCUT2D eigenvalue weighted by molar-refractivity contribution is 1.07. The van der Waals surface area contributed by atoms with E-state index in [0.29, 0.717) is 46.1 Å². The fraction of sp³-hybridized carbons (Fsp3) is 0. The summed E-state index contributed by atoms with van der Waals surface area (Å²) in [6.45, 7) is 0. The average molecular weight is 731 g/mol. The van der Waals surface area contributed by atoms with Crippen LogP contribution >= 0.6 is 0 Å². The molecule has 0 aliphatic rings. The number of nitrogens with zero attached hydrogens (tertiary/aromatic N) is 8. The first-order valence-corrected chi connectivity index (χ1v) is 18.5. The second-order valence-electron chi connectivity index (χ2n) is 13.5. The van der Waals surface area contributed by atoms with Gasteiger partial charge in [0.15, 0.2) is 34.9 Å². The van der Waals surface area contributed by atoms with Crippen molar-refractivity contribution in [1.82, 2.24) is 34.5 Å². The van der Waals surface area contributed by atoms with Crippen LogP contribution in [-0.2, 0) is 0 Å². The molecule has 0 aliphatic carbocycles. The van der Waals surface area contributed by atoms with Crippen molar-refractivity contribution >= 4 is 21.8 Å². The van der Waals surface area contributed by atoms with Crippen LogP contribution in [0.3, 0.4) is 0 Å². The maximum absolute atomic E-state index is 10.4. The molecule has 0 fully saturated rings. The number of hydrogen-bond acceptors (Lipinski definition) is 7. The van der Waals surface area contributed by atoms with Crippen LogP contribution in [0.2, 0.25) is 0 Å². The highest BCUT2D eigenvalue weighted by atomic mass is 15.0. The van der Waals surface area contributed by atoms with Crippen LogP contribution in [-0.4, -0.2) is 34.5 Å². The smallest absolute Gasteiger partial charge is 0.165 e. The summed E-state index contributed by atoms with van der Waals surface area (Å²) in [5.41, 5.74) is 8.35. The Balaban J connectivity index is 1.15. The Morgan fingerprint density at radius 1 is 0.351 bits per heavy atom. The lowest BCUT2D eigenvalue weighted by Gasteiger charge is -2.13. The Morgan fingerprint density at radius 2 is 0.772 bits per heavy atom.